The van der Waals surface area contributed by atoms with E-state index in [0.717, 1.165) is 15.6 Å². The van der Waals surface area contributed by atoms with Crippen molar-refractivity contribution in [2.45, 2.75) is 39.5 Å². The third-order valence-corrected chi connectivity index (χ3v) is 4.11. The van der Waals surface area contributed by atoms with Gasteiger partial charge in [-0.25, -0.2) is 9.97 Å². The maximum Gasteiger partial charge on any atom is 0.490 e. The van der Waals surface area contributed by atoms with E-state index >= 15 is 0 Å². The molecule has 26 heavy (non-hydrogen) atoms. The molecule has 0 aromatic carbocycles. The van der Waals surface area contributed by atoms with Gasteiger partial charge in [0, 0.05) is 33.5 Å². The van der Waals surface area contributed by atoms with Gasteiger partial charge in [-0.15, -0.1) is 0 Å². The summed E-state index contributed by atoms with van der Waals surface area (Å²) in [6.45, 7) is 8.22. The molecule has 0 bridgehead atoms. The lowest BCUT2D eigenvalue weighted by Crippen LogP contribution is -2.30. The Morgan fingerprint density at radius 1 is 0.885 bits per heavy atom. The number of halogens is 1. The lowest BCUT2D eigenvalue weighted by molar-refractivity contribution is 0.390. The first kappa shape index (κ1) is 22.4. The Bertz CT molecular complexity index is 712. The van der Waals surface area contributed by atoms with Crippen molar-refractivity contribution in [3.05, 3.63) is 40.1 Å². The Kier molecular flexibility index (Phi) is 9.05. The summed E-state index contributed by atoms with van der Waals surface area (Å²) in [4.78, 5) is 8.15. The summed E-state index contributed by atoms with van der Waals surface area (Å²) in [5.74, 6) is 1.92. The van der Waals surface area contributed by atoms with Gasteiger partial charge in [0.2, 0.25) is 11.8 Å². The van der Waals surface area contributed by atoms with E-state index in [0.29, 0.717) is 23.1 Å². The third kappa shape index (κ3) is 6.27. The molecule has 0 radical (unpaired) electrons. The van der Waals surface area contributed by atoms with E-state index in [1.165, 1.54) is 6.20 Å². The molecule has 0 fully saturated rings. The van der Waals surface area contributed by atoms with Crippen LogP contribution in [0.25, 0.3) is 0 Å². The summed E-state index contributed by atoms with van der Waals surface area (Å²) in [5, 5.41) is 17.9. The van der Waals surface area contributed by atoms with Gasteiger partial charge in [-0.05, 0) is 33.8 Å². The number of nitrogens with zero attached hydrogens (tertiary/aromatic N) is 2. The normalized spacial score (nSPS) is 10.4. The molecular formula is C18H26BBrN2O4. The Morgan fingerprint density at radius 3 is 1.77 bits per heavy atom. The smallest absolute Gasteiger partial charge is 0.481 e. The van der Waals surface area contributed by atoms with Crippen LogP contribution in [0.2, 0.25) is 0 Å². The van der Waals surface area contributed by atoms with Crippen LogP contribution >= 0.6 is 15.9 Å². The van der Waals surface area contributed by atoms with E-state index < -0.39 is 7.12 Å². The van der Waals surface area contributed by atoms with Crippen molar-refractivity contribution in [3.63, 3.8) is 0 Å². The van der Waals surface area contributed by atoms with Gasteiger partial charge in [0.15, 0.2) is 0 Å². The van der Waals surface area contributed by atoms with E-state index in [9.17, 15) is 0 Å². The van der Waals surface area contributed by atoms with E-state index in [2.05, 4.69) is 39.7 Å². The van der Waals surface area contributed by atoms with Crippen molar-refractivity contribution in [3.8, 4) is 11.8 Å². The van der Waals surface area contributed by atoms with Crippen LogP contribution in [0.15, 0.2) is 29.0 Å². The largest absolute Gasteiger partial charge is 0.490 e. The molecule has 0 saturated heterocycles. The van der Waals surface area contributed by atoms with Crippen LogP contribution in [0.1, 0.15) is 50.7 Å². The van der Waals surface area contributed by atoms with E-state index in [-0.39, 0.29) is 5.92 Å². The third-order valence-electron chi connectivity index (χ3n) is 3.67. The predicted molar refractivity (Wildman–Crippen MR) is 107 cm³/mol. The first-order valence-corrected chi connectivity index (χ1v) is 9.09. The summed E-state index contributed by atoms with van der Waals surface area (Å²) in [7, 11) is 1.71. The second kappa shape index (κ2) is 10.5. The number of methoxy groups -OCH3 is 2. The maximum absolute atomic E-state index is 8.97. The van der Waals surface area contributed by atoms with Gasteiger partial charge >= 0.3 is 7.12 Å². The van der Waals surface area contributed by atoms with Gasteiger partial charge in [-0.1, -0.05) is 33.8 Å². The zero-order valence-corrected chi connectivity index (χ0v) is 17.6. The van der Waals surface area contributed by atoms with Gasteiger partial charge in [0.25, 0.3) is 0 Å². The molecule has 2 N–H and O–H groups in total. The van der Waals surface area contributed by atoms with E-state index in [1.807, 2.05) is 19.9 Å². The molecule has 0 aliphatic heterocycles. The summed E-state index contributed by atoms with van der Waals surface area (Å²) in [6.07, 6.45) is 3.14. The number of hydrogen-bond donors (Lipinski definition) is 2. The van der Waals surface area contributed by atoms with Crippen LogP contribution in [0.4, 0.5) is 0 Å². The quantitative estimate of drug-likeness (QED) is 0.717. The standard InChI is InChI=1S/C9H14BNO3.C9H12BrNO/c1-6(2)8-4-7(10(12)13)5-11-9(8)14-3;1-6(2)8-4-7(10)5-11-9(8)12-3/h4-6,12-13H,1-3H3;4-6H,1-3H3. The molecular weight excluding hydrogens is 399 g/mol. The molecule has 0 saturated carbocycles. The predicted octanol–water partition coefficient (Wildman–Crippen LogP) is 2.87. The van der Waals surface area contributed by atoms with Gasteiger partial charge in [-0.2, -0.15) is 0 Å². The SMILES string of the molecule is COc1ncc(B(O)O)cc1C(C)C.COc1ncc(Br)cc1C(C)C. The number of pyridine rings is 2. The first-order valence-electron chi connectivity index (χ1n) is 8.30. The molecule has 0 spiro atoms. The Hall–Kier alpha value is -1.64. The molecule has 2 rings (SSSR count). The zero-order valence-electron chi connectivity index (χ0n) is 16.0. The molecule has 0 unspecified atom stereocenters. The average molecular weight is 425 g/mol. The monoisotopic (exact) mass is 424 g/mol. The molecule has 0 atom stereocenters. The fourth-order valence-corrected chi connectivity index (χ4v) is 2.59. The van der Waals surface area contributed by atoms with E-state index in [1.54, 1.807) is 26.5 Å². The van der Waals surface area contributed by atoms with Crippen LogP contribution in [-0.4, -0.2) is 41.4 Å². The number of aromatic nitrogens is 2. The summed E-state index contributed by atoms with van der Waals surface area (Å²) in [5.41, 5.74) is 2.39. The van der Waals surface area contributed by atoms with Gasteiger partial charge in [-0.3, -0.25) is 0 Å². The first-order chi connectivity index (χ1) is 12.2. The minimum Gasteiger partial charge on any atom is -0.481 e. The highest BCUT2D eigenvalue weighted by Gasteiger charge is 2.16. The molecule has 2 aromatic heterocycles. The van der Waals surface area contributed by atoms with Crippen LogP contribution in [-0.2, 0) is 0 Å². The topological polar surface area (TPSA) is 84.7 Å². The van der Waals surface area contributed by atoms with Crippen molar-refractivity contribution < 1.29 is 19.5 Å². The van der Waals surface area contributed by atoms with Crippen molar-refractivity contribution in [2.24, 2.45) is 0 Å². The van der Waals surface area contributed by atoms with E-state index in [4.69, 9.17) is 19.5 Å². The molecule has 142 valence electrons. The zero-order chi connectivity index (χ0) is 19.9. The average Bonchev–Trinajstić information content (AvgIpc) is 2.61. The van der Waals surface area contributed by atoms with Crippen molar-refractivity contribution >= 4 is 28.5 Å². The molecule has 2 aromatic rings. The molecule has 0 aliphatic rings. The molecule has 8 heteroatoms. The Labute approximate surface area is 163 Å². The van der Waals surface area contributed by atoms with Crippen molar-refractivity contribution in [2.75, 3.05) is 14.2 Å². The summed E-state index contributed by atoms with van der Waals surface area (Å²) < 4.78 is 11.2. The number of rotatable bonds is 5. The second-order valence-corrected chi connectivity index (χ2v) is 7.22. The van der Waals surface area contributed by atoms with Crippen LogP contribution in [0.3, 0.4) is 0 Å². The molecule has 0 aliphatic carbocycles. The summed E-state index contributed by atoms with van der Waals surface area (Å²) in [6, 6.07) is 3.73. The van der Waals surface area contributed by atoms with Crippen LogP contribution in [0, 0.1) is 0 Å². The van der Waals surface area contributed by atoms with Crippen LogP contribution < -0.4 is 14.9 Å². The fourth-order valence-electron chi connectivity index (χ4n) is 2.24. The highest BCUT2D eigenvalue weighted by molar-refractivity contribution is 9.10. The Morgan fingerprint density at radius 2 is 1.35 bits per heavy atom. The second-order valence-electron chi connectivity index (χ2n) is 6.30. The lowest BCUT2D eigenvalue weighted by Gasteiger charge is -2.11. The molecule has 6 nitrogen and oxygen atoms in total. The number of ether oxygens (including phenoxy) is 2. The Balaban J connectivity index is 0.000000263. The van der Waals surface area contributed by atoms with Crippen molar-refractivity contribution in [1.82, 2.24) is 9.97 Å². The van der Waals surface area contributed by atoms with Crippen molar-refractivity contribution in [1.29, 1.82) is 0 Å². The minimum absolute atomic E-state index is 0.233. The lowest BCUT2D eigenvalue weighted by atomic mass is 9.80. The minimum atomic E-state index is -1.48. The summed E-state index contributed by atoms with van der Waals surface area (Å²) >= 11 is 3.38. The van der Waals surface area contributed by atoms with Gasteiger partial charge in [0.05, 0.1) is 14.2 Å². The van der Waals surface area contributed by atoms with Gasteiger partial charge < -0.3 is 19.5 Å². The maximum atomic E-state index is 8.97. The highest BCUT2D eigenvalue weighted by atomic mass is 79.9. The number of hydrogen-bond acceptors (Lipinski definition) is 6. The molecule has 0 amide bonds. The highest BCUT2D eigenvalue weighted by Crippen LogP contribution is 2.26. The van der Waals surface area contributed by atoms with Crippen LogP contribution in [0.5, 0.6) is 11.8 Å². The fraction of sp³-hybridized carbons (Fsp3) is 0.444. The molecule has 2 heterocycles. The van der Waals surface area contributed by atoms with Gasteiger partial charge in [0.1, 0.15) is 0 Å².